The maximum Gasteiger partial charge on any atom is 0.409 e. The van der Waals surface area contributed by atoms with Crippen molar-refractivity contribution in [2.75, 3.05) is 7.11 Å². The van der Waals surface area contributed by atoms with Gasteiger partial charge in [-0.1, -0.05) is 6.92 Å². The van der Waals surface area contributed by atoms with E-state index in [4.69, 9.17) is 5.11 Å². The number of hydrogen-bond donors (Lipinski definition) is 3. The predicted octanol–water partition coefficient (Wildman–Crippen LogP) is -0.474. The van der Waals surface area contributed by atoms with E-state index < -0.39 is 17.8 Å². The summed E-state index contributed by atoms with van der Waals surface area (Å²) in [6.07, 6.45) is -1.13. The number of nitrogens with one attached hydrogen (secondary N) is 1. The Morgan fingerprint density at radius 3 is 2.33 bits per heavy atom. The van der Waals surface area contributed by atoms with Crippen LogP contribution in [0.15, 0.2) is 0 Å². The topological polar surface area (TPSA) is 95.9 Å². The minimum atomic E-state index is -2.24. The molecule has 12 heavy (non-hydrogen) atoms. The van der Waals surface area contributed by atoms with Gasteiger partial charge >= 0.3 is 12.1 Å². The first-order chi connectivity index (χ1) is 5.46. The molecule has 0 aromatic carbocycles. The molecule has 1 unspecified atom stereocenters. The van der Waals surface area contributed by atoms with Crippen molar-refractivity contribution in [1.29, 1.82) is 0 Å². The Morgan fingerprint density at radius 1 is 1.58 bits per heavy atom. The first kappa shape index (κ1) is 10.7. The number of alkyl carbamates (subject to hydrolysis) is 1. The minimum Gasteiger partial charge on any atom is -0.478 e. The summed E-state index contributed by atoms with van der Waals surface area (Å²) in [4.78, 5) is 20.9. The third kappa shape index (κ3) is 2.39. The Labute approximate surface area is 69.1 Å². The molecule has 0 aromatic rings. The van der Waals surface area contributed by atoms with E-state index in [0.29, 0.717) is 0 Å². The van der Waals surface area contributed by atoms with E-state index in [2.05, 4.69) is 4.74 Å². The van der Waals surface area contributed by atoms with Crippen molar-refractivity contribution in [3.8, 4) is 0 Å². The summed E-state index contributed by atoms with van der Waals surface area (Å²) in [5, 5.41) is 19.4. The fourth-order valence-electron chi connectivity index (χ4n) is 0.513. The summed E-state index contributed by atoms with van der Waals surface area (Å²) in [5.74, 6) is -1.52. The predicted molar refractivity (Wildman–Crippen MR) is 38.4 cm³/mol. The third-order valence-electron chi connectivity index (χ3n) is 1.36. The van der Waals surface area contributed by atoms with Crippen LogP contribution in [0.4, 0.5) is 4.79 Å². The van der Waals surface area contributed by atoms with E-state index in [-0.39, 0.29) is 6.42 Å². The fourth-order valence-corrected chi connectivity index (χ4v) is 0.513. The Kier molecular flexibility index (Phi) is 3.49. The zero-order valence-corrected chi connectivity index (χ0v) is 6.83. The number of aliphatic carboxylic acids is 1. The van der Waals surface area contributed by atoms with Crippen molar-refractivity contribution in [3.63, 3.8) is 0 Å². The van der Waals surface area contributed by atoms with Gasteiger partial charge in [0.15, 0.2) is 0 Å². The highest BCUT2D eigenvalue weighted by Gasteiger charge is 2.35. The number of carboxylic acids is 1. The smallest absolute Gasteiger partial charge is 0.409 e. The number of aliphatic hydroxyl groups is 1. The van der Waals surface area contributed by atoms with Crippen LogP contribution in [0.5, 0.6) is 0 Å². The van der Waals surface area contributed by atoms with E-state index in [9.17, 15) is 14.7 Å². The molecule has 0 radical (unpaired) electrons. The molecule has 6 nitrogen and oxygen atoms in total. The Morgan fingerprint density at radius 2 is 2.08 bits per heavy atom. The number of carbonyl (C=O) groups excluding carboxylic acids is 1. The van der Waals surface area contributed by atoms with Gasteiger partial charge in [-0.15, -0.1) is 0 Å². The summed E-state index contributed by atoms with van der Waals surface area (Å²) in [7, 11) is 1.08. The van der Waals surface area contributed by atoms with Crippen LogP contribution in [0, 0.1) is 0 Å². The average molecular weight is 177 g/mol. The number of carboxylic acid groups (broad SMARTS) is 1. The molecule has 0 heterocycles. The van der Waals surface area contributed by atoms with E-state index in [1.807, 2.05) is 0 Å². The Bertz CT molecular complexity index is 192. The van der Waals surface area contributed by atoms with Gasteiger partial charge in [-0.25, -0.2) is 9.59 Å². The fraction of sp³-hybridized carbons (Fsp3) is 0.667. The molecule has 0 saturated heterocycles. The lowest BCUT2D eigenvalue weighted by atomic mass is 10.2. The van der Waals surface area contributed by atoms with Gasteiger partial charge in [0.05, 0.1) is 7.11 Å². The van der Waals surface area contributed by atoms with Crippen LogP contribution in [0.25, 0.3) is 0 Å². The number of ether oxygens (including phenoxy) is 1. The van der Waals surface area contributed by atoms with E-state index in [0.717, 1.165) is 7.11 Å². The lowest BCUT2D eigenvalue weighted by molar-refractivity contribution is -0.161. The van der Waals surface area contributed by atoms with E-state index in [1.165, 1.54) is 6.92 Å². The maximum atomic E-state index is 10.5. The number of hydrogen-bond acceptors (Lipinski definition) is 4. The standard InChI is InChI=1S/C6H11NO5/c1-3-6(11,4(8)9)7-5(10)12-2/h11H,3H2,1-2H3,(H,7,10)(H,8,9). The zero-order chi connectivity index (χ0) is 9.78. The van der Waals surface area contributed by atoms with Crippen molar-refractivity contribution in [2.24, 2.45) is 0 Å². The zero-order valence-electron chi connectivity index (χ0n) is 6.83. The molecule has 1 atom stereocenters. The molecule has 0 aromatic heterocycles. The minimum absolute atomic E-state index is 0.141. The first-order valence-corrected chi connectivity index (χ1v) is 3.28. The SMILES string of the molecule is CCC(O)(NC(=O)OC)C(=O)O. The van der Waals surface area contributed by atoms with Gasteiger partial charge in [0, 0.05) is 6.42 Å². The number of carbonyl (C=O) groups is 2. The highest BCUT2D eigenvalue weighted by molar-refractivity contribution is 5.82. The summed E-state index contributed by atoms with van der Waals surface area (Å²) in [6, 6.07) is 0. The average Bonchev–Trinajstić information content (AvgIpc) is 2.03. The second-order valence-electron chi connectivity index (χ2n) is 2.14. The highest BCUT2D eigenvalue weighted by atomic mass is 16.5. The van der Waals surface area contributed by atoms with E-state index >= 15 is 0 Å². The van der Waals surface area contributed by atoms with Crippen molar-refractivity contribution >= 4 is 12.1 Å². The second kappa shape index (κ2) is 3.91. The lowest BCUT2D eigenvalue weighted by Gasteiger charge is -2.21. The molecule has 0 aliphatic heterocycles. The molecule has 3 N–H and O–H groups in total. The van der Waals surface area contributed by atoms with Crippen molar-refractivity contribution < 1.29 is 24.5 Å². The molecular formula is C6H11NO5. The molecule has 0 spiro atoms. The van der Waals surface area contributed by atoms with Gasteiger partial charge in [-0.3, -0.25) is 5.32 Å². The van der Waals surface area contributed by atoms with Gasteiger partial charge in [0.25, 0.3) is 0 Å². The van der Waals surface area contributed by atoms with Gasteiger partial charge in [0.1, 0.15) is 0 Å². The Balaban J connectivity index is 4.34. The molecule has 0 aliphatic carbocycles. The van der Waals surface area contributed by atoms with Crippen LogP contribution in [-0.2, 0) is 9.53 Å². The summed E-state index contributed by atoms with van der Waals surface area (Å²) in [5.41, 5.74) is -2.24. The van der Waals surface area contributed by atoms with Gasteiger partial charge in [-0.2, -0.15) is 0 Å². The van der Waals surface area contributed by atoms with Crippen molar-refractivity contribution in [2.45, 2.75) is 19.1 Å². The molecule has 0 rings (SSSR count). The second-order valence-corrected chi connectivity index (χ2v) is 2.14. The number of amides is 1. The van der Waals surface area contributed by atoms with Crippen molar-refractivity contribution in [1.82, 2.24) is 5.32 Å². The van der Waals surface area contributed by atoms with Gasteiger partial charge in [0.2, 0.25) is 5.72 Å². The molecule has 0 saturated carbocycles. The first-order valence-electron chi connectivity index (χ1n) is 3.28. The number of rotatable bonds is 3. The lowest BCUT2D eigenvalue weighted by Crippen LogP contribution is -2.54. The summed E-state index contributed by atoms with van der Waals surface area (Å²) >= 11 is 0. The largest absolute Gasteiger partial charge is 0.478 e. The third-order valence-corrected chi connectivity index (χ3v) is 1.36. The van der Waals surface area contributed by atoms with Crippen LogP contribution in [0.1, 0.15) is 13.3 Å². The maximum absolute atomic E-state index is 10.5. The monoisotopic (exact) mass is 177 g/mol. The van der Waals surface area contributed by atoms with Crippen LogP contribution in [0.2, 0.25) is 0 Å². The quantitative estimate of drug-likeness (QED) is 0.506. The molecule has 0 fully saturated rings. The summed E-state index contributed by atoms with van der Waals surface area (Å²) in [6.45, 7) is 1.42. The summed E-state index contributed by atoms with van der Waals surface area (Å²) < 4.78 is 4.12. The molecule has 0 bridgehead atoms. The van der Waals surface area contributed by atoms with Crippen LogP contribution < -0.4 is 5.32 Å². The van der Waals surface area contributed by atoms with Crippen molar-refractivity contribution in [3.05, 3.63) is 0 Å². The van der Waals surface area contributed by atoms with Crippen LogP contribution in [0.3, 0.4) is 0 Å². The van der Waals surface area contributed by atoms with Gasteiger partial charge < -0.3 is 14.9 Å². The molecule has 0 aliphatic rings. The van der Waals surface area contributed by atoms with Crippen LogP contribution >= 0.6 is 0 Å². The normalized spacial score (nSPS) is 14.6. The highest BCUT2D eigenvalue weighted by Crippen LogP contribution is 2.05. The molecular weight excluding hydrogens is 166 g/mol. The number of methoxy groups -OCH3 is 1. The van der Waals surface area contributed by atoms with E-state index in [1.54, 1.807) is 5.32 Å². The molecule has 70 valence electrons. The Hall–Kier alpha value is -1.30. The van der Waals surface area contributed by atoms with Gasteiger partial charge in [-0.05, 0) is 0 Å². The molecule has 1 amide bonds. The van der Waals surface area contributed by atoms with Crippen LogP contribution in [-0.4, -0.2) is 35.1 Å². The molecule has 6 heteroatoms.